The van der Waals surface area contributed by atoms with Gasteiger partial charge in [0.25, 0.3) is 0 Å². The predicted octanol–water partition coefficient (Wildman–Crippen LogP) is 2.61. The third-order valence-corrected chi connectivity index (χ3v) is 2.57. The zero-order valence-corrected chi connectivity index (χ0v) is 9.75. The van der Waals surface area contributed by atoms with Gasteiger partial charge in [-0.15, -0.1) is 0 Å². The number of carbonyl (C=O) groups is 1. The van der Waals surface area contributed by atoms with Crippen molar-refractivity contribution in [2.24, 2.45) is 5.92 Å². The molecule has 86 valence electrons. The molecule has 1 amide bonds. The van der Waals surface area contributed by atoms with Crippen molar-refractivity contribution in [3.05, 3.63) is 23.8 Å². The molecular weight excluding hydrogens is 202 g/mol. The first-order valence-electron chi connectivity index (χ1n) is 5.71. The Morgan fingerprint density at radius 1 is 1.50 bits per heavy atom. The van der Waals surface area contributed by atoms with E-state index in [0.29, 0.717) is 12.3 Å². The molecule has 1 aromatic rings. The van der Waals surface area contributed by atoms with Crippen molar-refractivity contribution >= 4 is 11.6 Å². The largest absolute Gasteiger partial charge is 0.493 e. The lowest BCUT2D eigenvalue weighted by Crippen LogP contribution is -2.13. The van der Waals surface area contributed by atoms with Crippen LogP contribution in [0.1, 0.15) is 25.8 Å². The average molecular weight is 219 g/mol. The Hall–Kier alpha value is -1.51. The number of benzene rings is 1. The fraction of sp³-hybridized carbons (Fsp3) is 0.462. The number of ether oxygens (including phenoxy) is 1. The molecule has 3 nitrogen and oxygen atoms in total. The van der Waals surface area contributed by atoms with Crippen LogP contribution in [0.25, 0.3) is 0 Å². The summed E-state index contributed by atoms with van der Waals surface area (Å²) >= 11 is 0. The first-order chi connectivity index (χ1) is 7.65. The van der Waals surface area contributed by atoms with Crippen LogP contribution in [0.15, 0.2) is 18.2 Å². The van der Waals surface area contributed by atoms with Crippen LogP contribution in [-0.2, 0) is 11.2 Å². The van der Waals surface area contributed by atoms with Gasteiger partial charge in [0.15, 0.2) is 0 Å². The summed E-state index contributed by atoms with van der Waals surface area (Å²) in [6.45, 7) is 4.82. The van der Waals surface area contributed by atoms with Crippen LogP contribution in [0.4, 0.5) is 5.69 Å². The molecule has 3 heteroatoms. The third-order valence-electron chi connectivity index (χ3n) is 2.57. The molecule has 0 saturated heterocycles. The van der Waals surface area contributed by atoms with E-state index in [1.807, 2.05) is 32.0 Å². The second-order valence-electron chi connectivity index (χ2n) is 4.57. The molecule has 0 atom stereocenters. The highest BCUT2D eigenvalue weighted by Crippen LogP contribution is 2.27. The van der Waals surface area contributed by atoms with E-state index in [0.717, 1.165) is 24.5 Å². The van der Waals surface area contributed by atoms with E-state index in [4.69, 9.17) is 4.74 Å². The molecular formula is C13H17NO2. The summed E-state index contributed by atoms with van der Waals surface area (Å²) in [6.07, 6.45) is 1.50. The Balaban J connectivity index is 2.02. The van der Waals surface area contributed by atoms with Gasteiger partial charge in [-0.3, -0.25) is 4.79 Å². The predicted molar refractivity (Wildman–Crippen MR) is 63.7 cm³/mol. The Kier molecular flexibility index (Phi) is 3.13. The van der Waals surface area contributed by atoms with E-state index in [1.54, 1.807) is 0 Å². The molecule has 0 radical (unpaired) electrons. The van der Waals surface area contributed by atoms with Gasteiger partial charge in [0.2, 0.25) is 5.91 Å². The van der Waals surface area contributed by atoms with E-state index >= 15 is 0 Å². The molecule has 16 heavy (non-hydrogen) atoms. The zero-order valence-electron chi connectivity index (χ0n) is 9.75. The van der Waals surface area contributed by atoms with Crippen LogP contribution in [0.2, 0.25) is 0 Å². The summed E-state index contributed by atoms with van der Waals surface area (Å²) < 4.78 is 5.41. The smallest absolute Gasteiger partial charge is 0.224 e. The first-order valence-corrected chi connectivity index (χ1v) is 5.71. The van der Waals surface area contributed by atoms with Crippen LogP contribution in [-0.4, -0.2) is 12.5 Å². The highest BCUT2D eigenvalue weighted by Gasteiger charge is 2.13. The lowest BCUT2D eigenvalue weighted by atomic mass is 10.1. The first kappa shape index (κ1) is 11.0. The van der Waals surface area contributed by atoms with Gasteiger partial charge in [0.1, 0.15) is 5.75 Å². The summed E-state index contributed by atoms with van der Waals surface area (Å²) in [5.74, 6) is 1.41. The zero-order chi connectivity index (χ0) is 11.5. The van der Waals surface area contributed by atoms with Crippen LogP contribution < -0.4 is 10.1 Å². The van der Waals surface area contributed by atoms with E-state index in [-0.39, 0.29) is 5.91 Å². The van der Waals surface area contributed by atoms with Crippen LogP contribution in [0.3, 0.4) is 0 Å². The van der Waals surface area contributed by atoms with Crippen molar-refractivity contribution in [2.45, 2.75) is 26.7 Å². The van der Waals surface area contributed by atoms with Crippen LogP contribution in [0, 0.1) is 5.92 Å². The van der Waals surface area contributed by atoms with Gasteiger partial charge >= 0.3 is 0 Å². The second kappa shape index (κ2) is 4.56. The Morgan fingerprint density at radius 2 is 2.31 bits per heavy atom. The van der Waals surface area contributed by atoms with Gasteiger partial charge in [-0.05, 0) is 29.7 Å². The highest BCUT2D eigenvalue weighted by atomic mass is 16.5. The maximum Gasteiger partial charge on any atom is 0.224 e. The maximum atomic E-state index is 11.6. The molecule has 1 aromatic carbocycles. The van der Waals surface area contributed by atoms with Crippen molar-refractivity contribution < 1.29 is 9.53 Å². The van der Waals surface area contributed by atoms with Gasteiger partial charge in [-0.25, -0.2) is 0 Å². The number of carbonyl (C=O) groups excluding carboxylic acids is 1. The van der Waals surface area contributed by atoms with Gasteiger partial charge in [0.05, 0.1) is 6.61 Å². The molecule has 1 heterocycles. The van der Waals surface area contributed by atoms with Crippen LogP contribution in [0.5, 0.6) is 5.75 Å². The minimum atomic E-state index is 0.0777. The lowest BCUT2D eigenvalue weighted by Gasteiger charge is -2.08. The van der Waals surface area contributed by atoms with Crippen molar-refractivity contribution in [2.75, 3.05) is 11.9 Å². The quantitative estimate of drug-likeness (QED) is 0.848. The topological polar surface area (TPSA) is 38.3 Å². The summed E-state index contributed by atoms with van der Waals surface area (Å²) in [4.78, 5) is 11.6. The molecule has 0 unspecified atom stereocenters. The molecule has 0 fully saturated rings. The fourth-order valence-electron chi connectivity index (χ4n) is 1.85. The highest BCUT2D eigenvalue weighted by molar-refractivity contribution is 5.91. The van der Waals surface area contributed by atoms with Crippen LogP contribution >= 0.6 is 0 Å². The van der Waals surface area contributed by atoms with Crippen molar-refractivity contribution in [1.29, 1.82) is 0 Å². The SMILES string of the molecule is CC(C)CC(=O)Nc1ccc2c(c1)CCO2. The maximum absolute atomic E-state index is 11.6. The normalized spacial score (nSPS) is 13.4. The lowest BCUT2D eigenvalue weighted by molar-refractivity contribution is -0.116. The number of hydrogen-bond donors (Lipinski definition) is 1. The Morgan fingerprint density at radius 3 is 3.06 bits per heavy atom. The average Bonchev–Trinajstić information content (AvgIpc) is 2.63. The number of hydrogen-bond acceptors (Lipinski definition) is 2. The van der Waals surface area contributed by atoms with E-state index < -0.39 is 0 Å². The summed E-state index contributed by atoms with van der Waals surface area (Å²) in [7, 11) is 0. The van der Waals surface area contributed by atoms with Gasteiger partial charge in [0, 0.05) is 18.5 Å². The van der Waals surface area contributed by atoms with Crippen molar-refractivity contribution in [3.8, 4) is 5.75 Å². The summed E-state index contributed by atoms with van der Waals surface area (Å²) in [5.41, 5.74) is 2.05. The Labute approximate surface area is 95.8 Å². The van der Waals surface area contributed by atoms with Gasteiger partial charge < -0.3 is 10.1 Å². The molecule has 0 aromatic heterocycles. The van der Waals surface area contributed by atoms with Gasteiger partial charge in [-0.1, -0.05) is 13.8 Å². The molecule has 0 bridgehead atoms. The van der Waals surface area contributed by atoms with Gasteiger partial charge in [-0.2, -0.15) is 0 Å². The molecule has 2 rings (SSSR count). The summed E-state index contributed by atoms with van der Waals surface area (Å²) in [6, 6.07) is 5.82. The summed E-state index contributed by atoms with van der Waals surface area (Å²) in [5, 5.41) is 2.91. The minimum Gasteiger partial charge on any atom is -0.493 e. The molecule has 0 spiro atoms. The minimum absolute atomic E-state index is 0.0777. The standard InChI is InChI=1S/C13H17NO2/c1-9(2)7-13(15)14-11-3-4-12-10(8-11)5-6-16-12/h3-4,8-9H,5-7H2,1-2H3,(H,14,15). The second-order valence-corrected chi connectivity index (χ2v) is 4.57. The molecule has 1 aliphatic heterocycles. The van der Waals surface area contributed by atoms with Crippen molar-refractivity contribution in [1.82, 2.24) is 0 Å². The molecule has 0 saturated carbocycles. The Bertz CT molecular complexity index is 399. The number of rotatable bonds is 3. The number of nitrogens with one attached hydrogen (secondary N) is 1. The van der Waals surface area contributed by atoms with Crippen molar-refractivity contribution in [3.63, 3.8) is 0 Å². The van der Waals surface area contributed by atoms with E-state index in [2.05, 4.69) is 5.32 Å². The number of anilines is 1. The molecule has 1 aliphatic rings. The molecule has 0 aliphatic carbocycles. The molecule has 1 N–H and O–H groups in total. The number of fused-ring (bicyclic) bond motifs is 1. The monoisotopic (exact) mass is 219 g/mol. The third kappa shape index (κ3) is 2.54. The van der Waals surface area contributed by atoms with E-state index in [1.165, 1.54) is 5.56 Å². The fourth-order valence-corrected chi connectivity index (χ4v) is 1.85. The van der Waals surface area contributed by atoms with E-state index in [9.17, 15) is 4.79 Å². The number of amides is 1.